The summed E-state index contributed by atoms with van der Waals surface area (Å²) < 4.78 is 5.28. The van der Waals surface area contributed by atoms with E-state index in [-0.39, 0.29) is 11.4 Å². The third kappa shape index (κ3) is 2.44. The monoisotopic (exact) mass is 185 g/mol. The molecule has 0 bridgehead atoms. The van der Waals surface area contributed by atoms with Gasteiger partial charge in [-0.25, -0.2) is 0 Å². The fourth-order valence-electron chi connectivity index (χ4n) is 1.51. The van der Waals surface area contributed by atoms with Crippen molar-refractivity contribution < 1.29 is 9.53 Å². The minimum Gasteiger partial charge on any atom is -0.359 e. The average Bonchev–Trinajstić information content (AvgIpc) is 2.41. The summed E-state index contributed by atoms with van der Waals surface area (Å²) in [6, 6.07) is 0. The summed E-state index contributed by atoms with van der Waals surface area (Å²) in [5, 5.41) is 0. The molecule has 1 rings (SSSR count). The molecule has 1 heterocycles. The smallest absolute Gasteiger partial charge is 0.224 e. The molecule has 0 spiro atoms. The highest BCUT2D eigenvalue weighted by Gasteiger charge is 2.35. The van der Waals surface area contributed by atoms with E-state index in [0.29, 0.717) is 19.8 Å². The highest BCUT2D eigenvalue weighted by atomic mass is 16.5. The summed E-state index contributed by atoms with van der Waals surface area (Å²) in [6.45, 7) is 7.31. The molecule has 3 nitrogen and oxygen atoms in total. The van der Waals surface area contributed by atoms with E-state index in [2.05, 4.69) is 6.92 Å². The van der Waals surface area contributed by atoms with Gasteiger partial charge in [-0.05, 0) is 20.3 Å². The van der Waals surface area contributed by atoms with Crippen molar-refractivity contribution in [2.45, 2.75) is 45.6 Å². The Morgan fingerprint density at radius 1 is 1.54 bits per heavy atom. The molecule has 0 saturated carbocycles. The Hall–Kier alpha value is -0.570. The Bertz CT molecular complexity index is 189. The molecule has 0 atom stereocenters. The standard InChI is InChI=1S/C10H19NO2/c1-4-5-6-9(12)11-8-13-7-10(11,2)3/h4-8H2,1-3H3. The fourth-order valence-corrected chi connectivity index (χ4v) is 1.51. The van der Waals surface area contributed by atoms with Crippen molar-refractivity contribution in [2.24, 2.45) is 0 Å². The predicted octanol–water partition coefficient (Wildman–Crippen LogP) is 1.77. The Morgan fingerprint density at radius 2 is 2.23 bits per heavy atom. The van der Waals surface area contributed by atoms with E-state index in [9.17, 15) is 4.79 Å². The first-order valence-electron chi connectivity index (χ1n) is 4.96. The number of ether oxygens (including phenoxy) is 1. The Balaban J connectivity index is 2.46. The third-order valence-electron chi connectivity index (χ3n) is 2.45. The summed E-state index contributed by atoms with van der Waals surface area (Å²) in [6.07, 6.45) is 2.70. The van der Waals surface area contributed by atoms with Gasteiger partial charge in [0.05, 0.1) is 12.1 Å². The van der Waals surface area contributed by atoms with Crippen LogP contribution in [0.5, 0.6) is 0 Å². The van der Waals surface area contributed by atoms with Crippen molar-refractivity contribution in [1.29, 1.82) is 0 Å². The summed E-state index contributed by atoms with van der Waals surface area (Å²) in [5.74, 6) is 0.226. The van der Waals surface area contributed by atoms with Crippen LogP contribution < -0.4 is 0 Å². The molecule has 0 aliphatic carbocycles. The summed E-state index contributed by atoms with van der Waals surface area (Å²) in [4.78, 5) is 13.5. The number of rotatable bonds is 3. The maximum absolute atomic E-state index is 11.7. The van der Waals surface area contributed by atoms with E-state index in [1.807, 2.05) is 18.7 Å². The lowest BCUT2D eigenvalue weighted by molar-refractivity contribution is -0.135. The predicted molar refractivity (Wildman–Crippen MR) is 51.3 cm³/mol. The molecule has 13 heavy (non-hydrogen) atoms. The van der Waals surface area contributed by atoms with Gasteiger partial charge in [0.2, 0.25) is 5.91 Å². The van der Waals surface area contributed by atoms with Gasteiger partial charge in [-0.3, -0.25) is 4.79 Å². The number of carbonyl (C=O) groups is 1. The number of amides is 1. The Kier molecular flexibility index (Phi) is 3.31. The normalized spacial score (nSPS) is 20.7. The van der Waals surface area contributed by atoms with E-state index < -0.39 is 0 Å². The van der Waals surface area contributed by atoms with Gasteiger partial charge in [0.25, 0.3) is 0 Å². The van der Waals surface area contributed by atoms with E-state index in [0.717, 1.165) is 12.8 Å². The number of hydrogen-bond acceptors (Lipinski definition) is 2. The van der Waals surface area contributed by atoms with Crippen LogP contribution >= 0.6 is 0 Å². The molecule has 0 unspecified atom stereocenters. The van der Waals surface area contributed by atoms with Gasteiger partial charge >= 0.3 is 0 Å². The molecule has 1 amide bonds. The highest BCUT2D eigenvalue weighted by Crippen LogP contribution is 2.22. The Labute approximate surface area is 80.1 Å². The van der Waals surface area contributed by atoms with Crippen molar-refractivity contribution in [3.05, 3.63) is 0 Å². The molecule has 0 N–H and O–H groups in total. The van der Waals surface area contributed by atoms with Gasteiger partial charge in [0.15, 0.2) is 0 Å². The first kappa shape index (κ1) is 10.5. The third-order valence-corrected chi connectivity index (χ3v) is 2.45. The van der Waals surface area contributed by atoms with Crippen LogP contribution in [0.4, 0.5) is 0 Å². The minimum atomic E-state index is -0.106. The summed E-state index contributed by atoms with van der Waals surface area (Å²) in [7, 11) is 0. The van der Waals surface area contributed by atoms with Gasteiger partial charge in [0.1, 0.15) is 6.73 Å². The second kappa shape index (κ2) is 4.09. The largest absolute Gasteiger partial charge is 0.359 e. The topological polar surface area (TPSA) is 29.5 Å². The molecule has 3 heteroatoms. The van der Waals surface area contributed by atoms with Crippen molar-refractivity contribution in [3.8, 4) is 0 Å². The summed E-state index contributed by atoms with van der Waals surface area (Å²) >= 11 is 0. The lowest BCUT2D eigenvalue weighted by atomic mass is 10.1. The zero-order valence-corrected chi connectivity index (χ0v) is 8.80. The van der Waals surface area contributed by atoms with Crippen molar-refractivity contribution in [1.82, 2.24) is 4.90 Å². The number of nitrogens with zero attached hydrogens (tertiary/aromatic N) is 1. The van der Waals surface area contributed by atoms with Crippen LogP contribution in [-0.4, -0.2) is 29.7 Å². The second-order valence-corrected chi connectivity index (χ2v) is 4.22. The highest BCUT2D eigenvalue weighted by molar-refractivity contribution is 5.77. The molecule has 1 aliphatic heterocycles. The van der Waals surface area contributed by atoms with E-state index in [1.165, 1.54) is 0 Å². The zero-order valence-electron chi connectivity index (χ0n) is 8.80. The zero-order chi connectivity index (χ0) is 9.90. The molecular formula is C10H19NO2. The van der Waals surface area contributed by atoms with Crippen molar-refractivity contribution >= 4 is 5.91 Å². The van der Waals surface area contributed by atoms with E-state index in [4.69, 9.17) is 4.74 Å². The molecule has 0 aromatic rings. The Morgan fingerprint density at radius 3 is 2.69 bits per heavy atom. The van der Waals surface area contributed by atoms with Crippen molar-refractivity contribution in [3.63, 3.8) is 0 Å². The van der Waals surface area contributed by atoms with Crippen LogP contribution in [0.3, 0.4) is 0 Å². The van der Waals surface area contributed by atoms with E-state index >= 15 is 0 Å². The van der Waals surface area contributed by atoms with E-state index in [1.54, 1.807) is 0 Å². The first-order chi connectivity index (χ1) is 6.08. The molecule has 0 radical (unpaired) electrons. The van der Waals surface area contributed by atoms with Crippen LogP contribution in [0, 0.1) is 0 Å². The minimum absolute atomic E-state index is 0.106. The maximum Gasteiger partial charge on any atom is 0.224 e. The second-order valence-electron chi connectivity index (χ2n) is 4.22. The summed E-state index contributed by atoms with van der Waals surface area (Å²) in [5.41, 5.74) is -0.106. The van der Waals surface area contributed by atoms with Crippen LogP contribution in [0.25, 0.3) is 0 Å². The van der Waals surface area contributed by atoms with Crippen LogP contribution in [-0.2, 0) is 9.53 Å². The van der Waals surface area contributed by atoms with Crippen LogP contribution in [0.1, 0.15) is 40.0 Å². The molecule has 0 aromatic heterocycles. The number of carbonyl (C=O) groups excluding carboxylic acids is 1. The SMILES string of the molecule is CCCCC(=O)N1COCC1(C)C. The molecule has 76 valence electrons. The molecule has 0 aromatic carbocycles. The van der Waals surface area contributed by atoms with Crippen LogP contribution in [0.15, 0.2) is 0 Å². The van der Waals surface area contributed by atoms with Gasteiger partial charge in [-0.1, -0.05) is 13.3 Å². The molecule has 1 aliphatic rings. The van der Waals surface area contributed by atoms with Gasteiger partial charge in [-0.15, -0.1) is 0 Å². The number of unbranched alkanes of at least 4 members (excludes halogenated alkanes) is 1. The molecule has 1 fully saturated rings. The molecule has 1 saturated heterocycles. The van der Waals surface area contributed by atoms with Gasteiger partial charge < -0.3 is 9.64 Å². The quantitative estimate of drug-likeness (QED) is 0.670. The molecular weight excluding hydrogens is 166 g/mol. The fraction of sp³-hybridized carbons (Fsp3) is 0.900. The van der Waals surface area contributed by atoms with Crippen molar-refractivity contribution in [2.75, 3.05) is 13.3 Å². The number of hydrogen-bond donors (Lipinski definition) is 0. The lowest BCUT2D eigenvalue weighted by Crippen LogP contribution is -2.44. The lowest BCUT2D eigenvalue weighted by Gasteiger charge is -2.29. The first-order valence-corrected chi connectivity index (χ1v) is 4.96. The van der Waals surface area contributed by atoms with Crippen LogP contribution in [0.2, 0.25) is 0 Å². The van der Waals surface area contributed by atoms with Gasteiger partial charge in [-0.2, -0.15) is 0 Å². The van der Waals surface area contributed by atoms with Gasteiger partial charge in [0, 0.05) is 6.42 Å². The maximum atomic E-state index is 11.7. The average molecular weight is 185 g/mol.